The van der Waals surface area contributed by atoms with E-state index < -0.39 is 47.9 Å². The van der Waals surface area contributed by atoms with Crippen molar-refractivity contribution in [3.8, 4) is 0 Å². The molecule has 1 unspecified atom stereocenters. The zero-order chi connectivity index (χ0) is 24.5. The molecule has 0 aliphatic heterocycles. The number of benzene rings is 1. The molecule has 1 amide bonds. The number of nitrogens with two attached hydrogens (primary N) is 2. The Hall–Kier alpha value is -3.05. The highest BCUT2D eigenvalue weighted by molar-refractivity contribution is 5.78. The molecule has 180 valence electrons. The third-order valence-corrected chi connectivity index (χ3v) is 4.95. The Morgan fingerprint density at radius 2 is 1.76 bits per heavy atom. The van der Waals surface area contributed by atoms with Crippen LogP contribution in [-0.2, 0) is 11.2 Å². The SMILES string of the molecule is CNCCN(C/C(=C(/N)c1ccncc1)C(F)F)C(=O)CC(N)Cc1cc(F)c(F)cc1F. The van der Waals surface area contributed by atoms with Crippen molar-refractivity contribution < 1.29 is 26.7 Å². The summed E-state index contributed by atoms with van der Waals surface area (Å²) in [5.74, 6) is -4.13. The second-order valence-corrected chi connectivity index (χ2v) is 7.42. The minimum absolute atomic E-state index is 0.0848. The molecule has 5 N–H and O–H groups in total. The summed E-state index contributed by atoms with van der Waals surface area (Å²) in [6.07, 6.45) is -0.677. The summed E-state index contributed by atoms with van der Waals surface area (Å²) < 4.78 is 68.0. The number of carbonyl (C=O) groups excluding carboxylic acids is 1. The highest BCUT2D eigenvalue weighted by Gasteiger charge is 2.24. The molecule has 0 fully saturated rings. The molecular weight excluding hydrogens is 445 g/mol. The average Bonchev–Trinajstić information content (AvgIpc) is 2.77. The molecule has 0 spiro atoms. The molecule has 0 bridgehead atoms. The number of likely N-dealkylation sites (N-methyl/N-ethyl adjacent to an activating group) is 1. The van der Waals surface area contributed by atoms with E-state index in [4.69, 9.17) is 11.5 Å². The number of hydrogen-bond donors (Lipinski definition) is 3. The third-order valence-electron chi connectivity index (χ3n) is 4.95. The summed E-state index contributed by atoms with van der Waals surface area (Å²) in [5.41, 5.74) is 11.4. The van der Waals surface area contributed by atoms with E-state index >= 15 is 0 Å². The smallest absolute Gasteiger partial charge is 0.263 e. The Kier molecular flexibility index (Phi) is 9.74. The summed E-state index contributed by atoms with van der Waals surface area (Å²) in [5, 5.41) is 2.83. The maximum atomic E-state index is 13.9. The number of halogens is 5. The van der Waals surface area contributed by atoms with Crippen molar-refractivity contribution in [3.05, 3.63) is 70.8 Å². The Balaban J connectivity index is 2.19. The van der Waals surface area contributed by atoms with Gasteiger partial charge < -0.3 is 21.7 Å². The maximum Gasteiger partial charge on any atom is 0.263 e. The van der Waals surface area contributed by atoms with Gasteiger partial charge >= 0.3 is 0 Å². The Labute approximate surface area is 188 Å². The summed E-state index contributed by atoms with van der Waals surface area (Å²) in [4.78, 5) is 17.8. The first kappa shape index (κ1) is 26.2. The van der Waals surface area contributed by atoms with E-state index in [-0.39, 0.29) is 30.6 Å². The van der Waals surface area contributed by atoms with Crippen LogP contribution in [0, 0.1) is 17.5 Å². The molecule has 1 atom stereocenters. The van der Waals surface area contributed by atoms with Crippen LogP contribution in [0.1, 0.15) is 17.5 Å². The summed E-state index contributed by atoms with van der Waals surface area (Å²) in [7, 11) is 1.63. The van der Waals surface area contributed by atoms with E-state index in [0.29, 0.717) is 24.2 Å². The number of hydrogen-bond acceptors (Lipinski definition) is 5. The minimum Gasteiger partial charge on any atom is -0.398 e. The van der Waals surface area contributed by atoms with Gasteiger partial charge in [0.25, 0.3) is 6.43 Å². The molecule has 1 heterocycles. The average molecular weight is 471 g/mol. The van der Waals surface area contributed by atoms with E-state index in [2.05, 4.69) is 10.3 Å². The standard InChI is InChI=1S/C22H26F5N5O/c1-30-6-7-32(12-16(22(26)27)21(29)13-2-4-31-5-3-13)20(33)10-15(28)8-14-9-18(24)19(25)11-17(14)23/h2-5,9,11,15,22,30H,6-8,10,12,28-29H2,1H3/b21-16-. The van der Waals surface area contributed by atoms with Crippen LogP contribution in [0.15, 0.2) is 42.2 Å². The van der Waals surface area contributed by atoms with Crippen molar-refractivity contribution in [2.45, 2.75) is 25.3 Å². The lowest BCUT2D eigenvalue weighted by molar-refractivity contribution is -0.131. The van der Waals surface area contributed by atoms with Crippen LogP contribution < -0.4 is 16.8 Å². The predicted octanol–water partition coefficient (Wildman–Crippen LogP) is 2.44. The lowest BCUT2D eigenvalue weighted by atomic mass is 10.0. The van der Waals surface area contributed by atoms with Gasteiger partial charge in [-0.1, -0.05) is 0 Å². The number of nitrogens with zero attached hydrogens (tertiary/aromatic N) is 2. The van der Waals surface area contributed by atoms with Gasteiger partial charge in [-0.3, -0.25) is 9.78 Å². The van der Waals surface area contributed by atoms with E-state index in [1.54, 1.807) is 7.05 Å². The molecule has 0 radical (unpaired) electrons. The molecule has 11 heteroatoms. The fourth-order valence-electron chi connectivity index (χ4n) is 3.16. The van der Waals surface area contributed by atoms with Gasteiger partial charge in [0, 0.05) is 67.4 Å². The minimum atomic E-state index is -2.92. The Morgan fingerprint density at radius 1 is 1.12 bits per heavy atom. The lowest BCUT2D eigenvalue weighted by Crippen LogP contribution is -2.42. The first-order chi connectivity index (χ1) is 15.6. The summed E-state index contributed by atoms with van der Waals surface area (Å²) in [6, 6.07) is 3.08. The van der Waals surface area contributed by atoms with Crippen LogP contribution >= 0.6 is 0 Å². The van der Waals surface area contributed by atoms with Gasteiger partial charge in [-0.2, -0.15) is 0 Å². The van der Waals surface area contributed by atoms with Crippen LogP contribution in [-0.4, -0.2) is 54.9 Å². The highest BCUT2D eigenvalue weighted by atomic mass is 19.3. The number of nitrogens with one attached hydrogen (secondary N) is 1. The topological polar surface area (TPSA) is 97.3 Å². The van der Waals surface area contributed by atoms with E-state index in [1.165, 1.54) is 29.4 Å². The van der Waals surface area contributed by atoms with Crippen molar-refractivity contribution in [1.82, 2.24) is 15.2 Å². The number of aromatic nitrogens is 1. The summed E-state index contributed by atoms with van der Waals surface area (Å²) >= 11 is 0. The van der Waals surface area contributed by atoms with Crippen molar-refractivity contribution in [3.63, 3.8) is 0 Å². The third kappa shape index (κ3) is 7.50. The number of carbonyl (C=O) groups is 1. The van der Waals surface area contributed by atoms with E-state index in [1.807, 2.05) is 0 Å². The maximum absolute atomic E-state index is 13.9. The molecule has 1 aromatic carbocycles. The van der Waals surface area contributed by atoms with Crippen LogP contribution in [0.25, 0.3) is 5.70 Å². The second kappa shape index (κ2) is 12.3. The highest BCUT2D eigenvalue weighted by Crippen LogP contribution is 2.21. The molecular formula is C22H26F5N5O. The second-order valence-electron chi connectivity index (χ2n) is 7.42. The van der Waals surface area contributed by atoms with E-state index in [0.717, 1.165) is 0 Å². The van der Waals surface area contributed by atoms with Gasteiger partial charge in [0.05, 0.1) is 0 Å². The lowest BCUT2D eigenvalue weighted by Gasteiger charge is -2.26. The monoisotopic (exact) mass is 471 g/mol. The Bertz CT molecular complexity index is 971. The van der Waals surface area contributed by atoms with Gasteiger partial charge in [0.2, 0.25) is 5.91 Å². The Morgan fingerprint density at radius 3 is 2.36 bits per heavy atom. The number of pyridine rings is 1. The molecule has 33 heavy (non-hydrogen) atoms. The van der Waals surface area contributed by atoms with Crippen molar-refractivity contribution >= 4 is 11.6 Å². The number of amides is 1. The summed E-state index contributed by atoms with van der Waals surface area (Å²) in [6.45, 7) is -0.0511. The van der Waals surface area contributed by atoms with Gasteiger partial charge in [-0.05, 0) is 37.2 Å². The number of rotatable bonds is 11. The zero-order valence-electron chi connectivity index (χ0n) is 18.0. The normalized spacial score (nSPS) is 13.1. The largest absolute Gasteiger partial charge is 0.398 e. The van der Waals surface area contributed by atoms with Gasteiger partial charge in [0.1, 0.15) is 5.82 Å². The first-order valence-electron chi connectivity index (χ1n) is 10.1. The molecule has 0 aliphatic rings. The van der Waals surface area contributed by atoms with Crippen molar-refractivity contribution in [1.29, 1.82) is 0 Å². The molecule has 0 saturated heterocycles. The van der Waals surface area contributed by atoms with Crippen molar-refractivity contribution in [2.75, 3.05) is 26.7 Å². The zero-order valence-corrected chi connectivity index (χ0v) is 18.0. The van der Waals surface area contributed by atoms with Gasteiger partial charge in [-0.15, -0.1) is 0 Å². The first-order valence-corrected chi connectivity index (χ1v) is 10.1. The molecule has 6 nitrogen and oxygen atoms in total. The van der Waals surface area contributed by atoms with Crippen molar-refractivity contribution in [2.24, 2.45) is 11.5 Å². The molecule has 2 rings (SSSR count). The molecule has 1 aromatic heterocycles. The molecule has 0 aliphatic carbocycles. The number of alkyl halides is 2. The van der Waals surface area contributed by atoms with E-state index in [9.17, 15) is 26.7 Å². The predicted molar refractivity (Wildman–Crippen MR) is 114 cm³/mol. The molecule has 2 aromatic rings. The van der Waals surface area contributed by atoms with Crippen LogP contribution in [0.3, 0.4) is 0 Å². The fourth-order valence-corrected chi connectivity index (χ4v) is 3.16. The van der Waals surface area contributed by atoms with Gasteiger partial charge in [-0.25, -0.2) is 22.0 Å². The van der Waals surface area contributed by atoms with Crippen LogP contribution in [0.4, 0.5) is 22.0 Å². The van der Waals surface area contributed by atoms with Crippen LogP contribution in [0.2, 0.25) is 0 Å². The van der Waals surface area contributed by atoms with Crippen LogP contribution in [0.5, 0.6) is 0 Å². The quantitative estimate of drug-likeness (QED) is 0.346. The fraction of sp³-hybridized carbons (Fsp3) is 0.364. The van der Waals surface area contributed by atoms with Gasteiger partial charge in [0.15, 0.2) is 11.6 Å². The molecule has 0 saturated carbocycles.